The van der Waals surface area contributed by atoms with Crippen LogP contribution < -0.4 is 5.32 Å². The van der Waals surface area contributed by atoms with Crippen LogP contribution in [0.3, 0.4) is 0 Å². The zero-order valence-electron chi connectivity index (χ0n) is 16.8. The van der Waals surface area contributed by atoms with E-state index in [1.807, 2.05) is 6.19 Å². The van der Waals surface area contributed by atoms with E-state index in [2.05, 4.69) is 10.3 Å². The lowest BCUT2D eigenvalue weighted by molar-refractivity contribution is -0.141. The van der Waals surface area contributed by atoms with Gasteiger partial charge in [-0.1, -0.05) is 6.07 Å². The summed E-state index contributed by atoms with van der Waals surface area (Å²) in [6.45, 7) is 5.01. The second-order valence-electron chi connectivity index (χ2n) is 7.77. The first-order valence-electron chi connectivity index (χ1n) is 9.24. The van der Waals surface area contributed by atoms with E-state index >= 15 is 0 Å². The lowest BCUT2D eigenvalue weighted by atomic mass is 10.2. The van der Waals surface area contributed by atoms with Crippen LogP contribution in [0.4, 0.5) is 18.0 Å². The van der Waals surface area contributed by atoms with E-state index in [4.69, 9.17) is 4.74 Å². The summed E-state index contributed by atoms with van der Waals surface area (Å²) >= 11 is 1.13. The van der Waals surface area contributed by atoms with E-state index in [-0.39, 0.29) is 23.2 Å². The van der Waals surface area contributed by atoms with Gasteiger partial charge in [0.25, 0.3) is 5.91 Å². The van der Waals surface area contributed by atoms with Crippen LogP contribution >= 0.6 is 11.8 Å². The maximum absolute atomic E-state index is 12.8. The van der Waals surface area contributed by atoms with Gasteiger partial charge in [0, 0.05) is 17.5 Å². The topological polar surface area (TPSA) is 95.3 Å². The van der Waals surface area contributed by atoms with Gasteiger partial charge in [-0.3, -0.25) is 4.79 Å². The smallest absolute Gasteiger partial charge is 0.433 e. The summed E-state index contributed by atoms with van der Waals surface area (Å²) in [5.41, 5.74) is -1.58. The molecule has 1 aliphatic rings. The minimum absolute atomic E-state index is 0.0426. The summed E-state index contributed by atoms with van der Waals surface area (Å²) in [6.07, 6.45) is -2.10. The molecule has 1 unspecified atom stereocenters. The summed E-state index contributed by atoms with van der Waals surface area (Å²) in [5, 5.41) is 11.7. The first-order chi connectivity index (χ1) is 13.9. The number of ether oxygens (including phenoxy) is 1. The molecule has 2 amide bonds. The second kappa shape index (κ2) is 9.55. The van der Waals surface area contributed by atoms with Gasteiger partial charge in [-0.2, -0.15) is 30.2 Å². The Morgan fingerprint density at radius 1 is 1.37 bits per heavy atom. The molecule has 164 valence electrons. The van der Waals surface area contributed by atoms with E-state index in [9.17, 15) is 28.0 Å². The van der Waals surface area contributed by atoms with Crippen molar-refractivity contribution in [1.82, 2.24) is 15.2 Å². The molecule has 0 bridgehead atoms. The summed E-state index contributed by atoms with van der Waals surface area (Å²) in [5.74, 6) is -0.434. The number of amides is 2. The van der Waals surface area contributed by atoms with Crippen LogP contribution in [0.1, 0.15) is 45.0 Å². The molecule has 1 saturated carbocycles. The maximum atomic E-state index is 12.8. The third-order valence-corrected chi connectivity index (χ3v) is 4.95. The number of pyridine rings is 1. The fourth-order valence-electron chi connectivity index (χ4n) is 2.44. The van der Waals surface area contributed by atoms with E-state index < -0.39 is 35.5 Å². The number of halogens is 3. The van der Waals surface area contributed by atoms with Crippen molar-refractivity contribution in [1.29, 1.82) is 5.26 Å². The van der Waals surface area contributed by atoms with Crippen molar-refractivity contribution < 1.29 is 27.5 Å². The van der Waals surface area contributed by atoms with Crippen molar-refractivity contribution in [3.8, 4) is 6.19 Å². The first kappa shape index (κ1) is 23.8. The van der Waals surface area contributed by atoms with Gasteiger partial charge >= 0.3 is 12.3 Å². The number of carbonyl (C=O) groups excluding carboxylic acids is 2. The molecule has 0 aromatic carbocycles. The minimum Gasteiger partial charge on any atom is -0.444 e. The molecule has 0 radical (unpaired) electrons. The number of nitriles is 1. The van der Waals surface area contributed by atoms with Gasteiger partial charge in [-0.25, -0.2) is 14.7 Å². The molecule has 0 saturated heterocycles. The van der Waals surface area contributed by atoms with Crippen LogP contribution in [0.25, 0.3) is 0 Å². The lowest BCUT2D eigenvalue weighted by Crippen LogP contribution is -2.50. The van der Waals surface area contributed by atoms with E-state index in [1.54, 1.807) is 20.8 Å². The molecule has 2 rings (SSSR count). The van der Waals surface area contributed by atoms with Crippen LogP contribution in [0.5, 0.6) is 0 Å². The van der Waals surface area contributed by atoms with Crippen molar-refractivity contribution in [2.75, 3.05) is 5.75 Å². The van der Waals surface area contributed by atoms with Gasteiger partial charge in [0.2, 0.25) is 0 Å². The number of rotatable bonds is 7. The molecule has 1 heterocycles. The van der Waals surface area contributed by atoms with E-state index in [1.165, 1.54) is 12.1 Å². The van der Waals surface area contributed by atoms with Crippen molar-refractivity contribution in [2.24, 2.45) is 0 Å². The number of hydrogen-bond donors (Lipinski definition) is 1. The predicted molar refractivity (Wildman–Crippen MR) is 104 cm³/mol. The number of carbonyl (C=O) groups is 2. The summed E-state index contributed by atoms with van der Waals surface area (Å²) < 4.78 is 43.6. The van der Waals surface area contributed by atoms with Gasteiger partial charge in [0.05, 0.1) is 5.69 Å². The highest BCUT2D eigenvalue weighted by Gasteiger charge is 2.37. The highest BCUT2D eigenvalue weighted by Crippen LogP contribution is 2.29. The molecular weight excluding hydrogens is 421 g/mol. The van der Waals surface area contributed by atoms with Crippen LogP contribution in [-0.2, 0) is 21.5 Å². The fraction of sp³-hybridized carbons (Fsp3) is 0.579. The summed E-state index contributed by atoms with van der Waals surface area (Å²) in [6, 6.07) is 2.35. The Morgan fingerprint density at radius 3 is 2.57 bits per heavy atom. The summed E-state index contributed by atoms with van der Waals surface area (Å²) in [7, 11) is 0. The zero-order valence-corrected chi connectivity index (χ0v) is 17.6. The molecule has 1 aromatic heterocycles. The Bertz CT molecular complexity index is 816. The van der Waals surface area contributed by atoms with Gasteiger partial charge in [-0.05, 0) is 45.7 Å². The quantitative estimate of drug-likeness (QED) is 0.509. The standard InChI is InChI=1S/C19H23F3N4O3S/c1-18(2,3)29-17(28)25-14(16(27)26(11-23)13-7-8-13)10-30-9-12-5-4-6-15(24-12)19(20,21)22/h4-6,13-14H,7-10H2,1-3H3,(H,25,28). The van der Waals surface area contributed by atoms with Crippen molar-refractivity contribution in [2.45, 2.75) is 63.2 Å². The predicted octanol–water partition coefficient (Wildman–Crippen LogP) is 3.70. The zero-order chi connectivity index (χ0) is 22.5. The maximum Gasteiger partial charge on any atom is 0.433 e. The average Bonchev–Trinajstić information content (AvgIpc) is 3.44. The number of nitrogens with one attached hydrogen (secondary N) is 1. The largest absolute Gasteiger partial charge is 0.444 e. The Morgan fingerprint density at radius 2 is 2.03 bits per heavy atom. The molecule has 1 fully saturated rings. The van der Waals surface area contributed by atoms with Crippen LogP contribution in [0, 0.1) is 11.5 Å². The molecule has 1 atom stereocenters. The Kier molecular flexibility index (Phi) is 7.58. The van der Waals surface area contributed by atoms with Crippen LogP contribution in [-0.4, -0.2) is 45.3 Å². The molecule has 7 nitrogen and oxygen atoms in total. The molecule has 30 heavy (non-hydrogen) atoms. The second-order valence-corrected chi connectivity index (χ2v) is 8.80. The molecule has 1 N–H and O–H groups in total. The minimum atomic E-state index is -4.55. The highest BCUT2D eigenvalue weighted by atomic mass is 32.2. The fourth-order valence-corrected chi connectivity index (χ4v) is 3.38. The van der Waals surface area contributed by atoms with E-state index in [0.29, 0.717) is 12.8 Å². The summed E-state index contributed by atoms with van der Waals surface area (Å²) in [4.78, 5) is 29.5. The van der Waals surface area contributed by atoms with Gasteiger partial charge in [-0.15, -0.1) is 0 Å². The third kappa shape index (κ3) is 7.40. The van der Waals surface area contributed by atoms with Crippen molar-refractivity contribution >= 4 is 23.8 Å². The van der Waals surface area contributed by atoms with Gasteiger partial charge < -0.3 is 10.1 Å². The number of nitrogens with zero attached hydrogens (tertiary/aromatic N) is 3. The molecule has 1 aliphatic carbocycles. The number of aromatic nitrogens is 1. The Labute approximate surface area is 177 Å². The SMILES string of the molecule is CC(C)(C)OC(=O)NC(CSCc1cccc(C(F)(F)F)n1)C(=O)N(C#N)C1CC1. The number of alkyl halides is 3. The number of thioether (sulfide) groups is 1. The number of alkyl carbamates (subject to hydrolysis) is 1. The Balaban J connectivity index is 2.04. The van der Waals surface area contributed by atoms with Gasteiger partial charge in [0.1, 0.15) is 17.3 Å². The molecule has 0 spiro atoms. The third-order valence-electron chi connectivity index (χ3n) is 3.88. The molecular formula is C19H23F3N4O3S. The number of hydrogen-bond acceptors (Lipinski definition) is 6. The lowest BCUT2D eigenvalue weighted by Gasteiger charge is -2.25. The van der Waals surface area contributed by atoms with Crippen molar-refractivity contribution in [3.05, 3.63) is 29.6 Å². The van der Waals surface area contributed by atoms with E-state index in [0.717, 1.165) is 22.7 Å². The van der Waals surface area contributed by atoms with Crippen molar-refractivity contribution in [3.63, 3.8) is 0 Å². The Hall–Kier alpha value is -2.48. The monoisotopic (exact) mass is 444 g/mol. The molecule has 0 aliphatic heterocycles. The normalized spacial score (nSPS) is 15.1. The highest BCUT2D eigenvalue weighted by molar-refractivity contribution is 7.98. The average molecular weight is 444 g/mol. The molecule has 1 aromatic rings. The van der Waals surface area contributed by atoms with Crippen LogP contribution in [0.15, 0.2) is 18.2 Å². The molecule has 11 heteroatoms. The first-order valence-corrected chi connectivity index (χ1v) is 10.4. The van der Waals surface area contributed by atoms with Crippen LogP contribution in [0.2, 0.25) is 0 Å². The van der Waals surface area contributed by atoms with Gasteiger partial charge in [0.15, 0.2) is 6.19 Å².